The molecule has 0 aromatic heterocycles. The summed E-state index contributed by atoms with van der Waals surface area (Å²) in [5.74, 6) is -0.206. The minimum Gasteiger partial charge on any atom is -0.493 e. The third-order valence-electron chi connectivity index (χ3n) is 6.52. The number of nitrogens with zero attached hydrogens (tertiary/aromatic N) is 2. The molecule has 176 valence electrons. The highest BCUT2D eigenvalue weighted by Gasteiger charge is 2.59. The van der Waals surface area contributed by atoms with Gasteiger partial charge < -0.3 is 9.47 Å². The molecule has 4 atom stereocenters. The lowest BCUT2D eigenvalue weighted by Gasteiger charge is -2.16. The van der Waals surface area contributed by atoms with Gasteiger partial charge in [0.15, 0.2) is 11.5 Å². The van der Waals surface area contributed by atoms with Crippen molar-refractivity contribution in [2.24, 2.45) is 28.8 Å². The fraction of sp³-hybridized carbons (Fsp3) is 0.292. The van der Waals surface area contributed by atoms with E-state index in [0.717, 1.165) is 17.0 Å². The first-order valence-electron chi connectivity index (χ1n) is 10.5. The van der Waals surface area contributed by atoms with E-state index in [1.54, 1.807) is 24.3 Å². The van der Waals surface area contributed by atoms with Crippen molar-refractivity contribution in [1.82, 2.24) is 5.01 Å². The van der Waals surface area contributed by atoms with Crippen LogP contribution in [0.3, 0.4) is 0 Å². The number of imide groups is 1. The Bertz CT molecular complexity index is 1240. The summed E-state index contributed by atoms with van der Waals surface area (Å²) in [5.41, 5.74) is 1.25. The third-order valence-corrected chi connectivity index (χ3v) is 8.55. The van der Waals surface area contributed by atoms with Gasteiger partial charge >= 0.3 is 0 Å². The normalized spacial score (nSPS) is 25.0. The van der Waals surface area contributed by atoms with Gasteiger partial charge in [-0.1, -0.05) is 53.0 Å². The summed E-state index contributed by atoms with van der Waals surface area (Å²) < 4.78 is 11.9. The zero-order valence-electron chi connectivity index (χ0n) is 17.8. The fourth-order valence-corrected chi connectivity index (χ4v) is 6.01. The topological polar surface area (TPSA) is 68.2 Å². The number of carbonyl (C=O) groups is 2. The minimum atomic E-state index is -0.309. The molecule has 2 aliphatic carbocycles. The van der Waals surface area contributed by atoms with Gasteiger partial charge in [-0.25, -0.2) is 0 Å². The average molecular weight is 585 g/mol. The molecular formula is C24H18BrCl3N2O4. The molecule has 2 aromatic rings. The number of amides is 2. The van der Waals surface area contributed by atoms with E-state index in [2.05, 4.69) is 21.0 Å². The van der Waals surface area contributed by atoms with Crippen molar-refractivity contribution in [1.29, 1.82) is 0 Å². The molecule has 1 saturated heterocycles. The van der Waals surface area contributed by atoms with Crippen molar-refractivity contribution in [3.8, 4) is 11.5 Å². The number of carbonyl (C=O) groups excluding carboxylic acids is 2. The first-order chi connectivity index (χ1) is 16.3. The number of fused-ring (bicyclic) bond motifs is 5. The molecule has 1 saturated carbocycles. The van der Waals surface area contributed by atoms with Crippen molar-refractivity contribution >= 4 is 68.8 Å². The SMILES string of the molecule is COc1cc(C=NN2C(=O)[C@@H]3[C@H](C2=O)[C@H]2C=C[C@H]3C2)c(Br)c(Cl)c1OCc1ccc(Cl)cc1Cl. The van der Waals surface area contributed by atoms with Gasteiger partial charge in [0.1, 0.15) is 11.6 Å². The van der Waals surface area contributed by atoms with Gasteiger partial charge in [0.05, 0.1) is 25.2 Å². The monoisotopic (exact) mass is 582 g/mol. The van der Waals surface area contributed by atoms with E-state index in [1.807, 2.05) is 12.2 Å². The standard InChI is InChI=1S/C24H18BrCl3N2O4/c1-33-17-7-14(9-29-30-23(31)18-11-2-3-12(6-11)19(18)24(30)32)20(25)21(28)22(17)34-10-13-4-5-15(26)8-16(13)27/h2-5,7-9,11-12,18-19H,6,10H2,1H3/t11-,12-,18-,19+/m0/s1. The third kappa shape index (κ3) is 3.92. The molecule has 1 aliphatic heterocycles. The number of rotatable bonds is 6. The lowest BCUT2D eigenvalue weighted by Crippen LogP contribution is -2.28. The summed E-state index contributed by atoms with van der Waals surface area (Å²) in [5, 5.41) is 6.46. The molecule has 0 radical (unpaired) electrons. The molecule has 10 heteroatoms. The van der Waals surface area contributed by atoms with Crippen LogP contribution in [0, 0.1) is 23.7 Å². The first kappa shape index (κ1) is 23.7. The molecule has 1 heterocycles. The van der Waals surface area contributed by atoms with Crippen LogP contribution >= 0.6 is 50.7 Å². The van der Waals surface area contributed by atoms with Gasteiger partial charge in [-0.2, -0.15) is 10.1 Å². The number of methoxy groups -OCH3 is 1. The quantitative estimate of drug-likeness (QED) is 0.233. The molecule has 2 aromatic carbocycles. The van der Waals surface area contributed by atoms with E-state index in [4.69, 9.17) is 44.3 Å². The van der Waals surface area contributed by atoms with E-state index in [0.29, 0.717) is 31.6 Å². The van der Waals surface area contributed by atoms with Crippen molar-refractivity contribution in [2.75, 3.05) is 7.11 Å². The second-order valence-electron chi connectivity index (χ2n) is 8.38. The summed E-state index contributed by atoms with van der Waals surface area (Å²) in [6.45, 7) is 0.141. The lowest BCUT2D eigenvalue weighted by molar-refractivity contribution is -0.140. The molecular weight excluding hydrogens is 567 g/mol. The Hall–Kier alpha value is -2.06. The van der Waals surface area contributed by atoms with Crippen molar-refractivity contribution in [2.45, 2.75) is 13.0 Å². The number of halogens is 4. The van der Waals surface area contributed by atoms with Gasteiger partial charge in [0.25, 0.3) is 11.8 Å². The predicted molar refractivity (Wildman–Crippen MR) is 134 cm³/mol. The summed E-state index contributed by atoms with van der Waals surface area (Å²) in [6.07, 6.45) is 6.37. The van der Waals surface area contributed by atoms with Crippen molar-refractivity contribution in [3.63, 3.8) is 0 Å². The van der Waals surface area contributed by atoms with Crippen LogP contribution in [0.5, 0.6) is 11.5 Å². The summed E-state index contributed by atoms with van der Waals surface area (Å²) >= 11 is 22.2. The zero-order chi connectivity index (χ0) is 24.1. The molecule has 0 spiro atoms. The van der Waals surface area contributed by atoms with Crippen molar-refractivity contribution < 1.29 is 19.1 Å². The maximum absolute atomic E-state index is 12.9. The number of benzene rings is 2. The van der Waals surface area contributed by atoms with Crippen LogP contribution in [0.2, 0.25) is 15.1 Å². The smallest absolute Gasteiger partial charge is 0.254 e. The van der Waals surface area contributed by atoms with Gasteiger partial charge in [-0.3, -0.25) is 9.59 Å². The van der Waals surface area contributed by atoms with Crippen LogP contribution in [-0.4, -0.2) is 30.1 Å². The molecule has 34 heavy (non-hydrogen) atoms. The Kier molecular flexibility index (Phi) is 6.40. The minimum absolute atomic E-state index is 0.124. The van der Waals surface area contributed by atoms with Crippen LogP contribution in [0.15, 0.2) is 46.0 Å². The molecule has 0 N–H and O–H groups in total. The summed E-state index contributed by atoms with van der Waals surface area (Å²) in [4.78, 5) is 25.7. The van der Waals surface area contributed by atoms with E-state index in [9.17, 15) is 9.59 Å². The number of hydrogen-bond acceptors (Lipinski definition) is 5. The zero-order valence-corrected chi connectivity index (χ0v) is 21.7. The highest BCUT2D eigenvalue weighted by atomic mass is 79.9. The Morgan fingerprint density at radius 1 is 1.12 bits per heavy atom. The van der Waals surface area contributed by atoms with Crippen LogP contribution in [0.4, 0.5) is 0 Å². The predicted octanol–water partition coefficient (Wildman–Crippen LogP) is 6.14. The van der Waals surface area contributed by atoms with Crippen LogP contribution in [-0.2, 0) is 16.2 Å². The number of ether oxygens (including phenoxy) is 2. The molecule has 2 bridgehead atoms. The molecule has 5 rings (SSSR count). The molecule has 2 fully saturated rings. The first-order valence-corrected chi connectivity index (χ1v) is 12.5. The van der Waals surface area contributed by atoms with E-state index in [-0.39, 0.29) is 47.1 Å². The largest absolute Gasteiger partial charge is 0.493 e. The van der Waals surface area contributed by atoms with E-state index >= 15 is 0 Å². The van der Waals surface area contributed by atoms with E-state index < -0.39 is 0 Å². The van der Waals surface area contributed by atoms with Gasteiger partial charge in [0.2, 0.25) is 0 Å². The Morgan fingerprint density at radius 3 is 2.41 bits per heavy atom. The Balaban J connectivity index is 1.38. The summed E-state index contributed by atoms with van der Waals surface area (Å²) in [7, 11) is 1.49. The highest BCUT2D eigenvalue weighted by molar-refractivity contribution is 9.10. The van der Waals surface area contributed by atoms with E-state index in [1.165, 1.54) is 13.3 Å². The molecule has 6 nitrogen and oxygen atoms in total. The average Bonchev–Trinajstić information content (AvgIpc) is 3.49. The van der Waals surface area contributed by atoms with Crippen LogP contribution < -0.4 is 9.47 Å². The highest BCUT2D eigenvalue weighted by Crippen LogP contribution is 2.52. The number of allylic oxidation sites excluding steroid dienone is 2. The molecule has 0 unspecified atom stereocenters. The van der Waals surface area contributed by atoms with Crippen LogP contribution in [0.1, 0.15) is 17.5 Å². The fourth-order valence-electron chi connectivity index (χ4n) is 4.89. The Labute approximate surface area is 219 Å². The lowest BCUT2D eigenvalue weighted by atomic mass is 9.85. The number of hydrogen-bond donors (Lipinski definition) is 0. The van der Waals surface area contributed by atoms with Gasteiger partial charge in [-0.05, 0) is 52.4 Å². The molecule has 3 aliphatic rings. The maximum Gasteiger partial charge on any atom is 0.254 e. The summed E-state index contributed by atoms with van der Waals surface area (Å²) in [6, 6.07) is 6.78. The number of hydrazone groups is 1. The molecule has 2 amide bonds. The van der Waals surface area contributed by atoms with Gasteiger partial charge in [-0.15, -0.1) is 0 Å². The second-order valence-corrected chi connectivity index (χ2v) is 10.4. The second kappa shape index (κ2) is 9.19. The van der Waals surface area contributed by atoms with Crippen LogP contribution in [0.25, 0.3) is 0 Å². The maximum atomic E-state index is 12.9. The van der Waals surface area contributed by atoms with Crippen molar-refractivity contribution in [3.05, 3.63) is 67.1 Å². The van der Waals surface area contributed by atoms with Gasteiger partial charge in [0, 0.05) is 25.6 Å². The Morgan fingerprint density at radius 2 is 1.79 bits per heavy atom.